The Hall–Kier alpha value is 3.20. The molecular weight excluding hydrogens is 405 g/mol. The summed E-state index contributed by atoms with van der Waals surface area (Å²) >= 11 is 0. The average Bonchev–Trinajstić information content (AvgIpc) is 0.722. The predicted molar refractivity (Wildman–Crippen MR) is 22.8 cm³/mol. The van der Waals surface area contributed by atoms with E-state index in [0.717, 1.165) is 0 Å². The van der Waals surface area contributed by atoms with Crippen LogP contribution < -0.4 is 0 Å². The second-order valence-corrected chi connectivity index (χ2v) is 1.54. The van der Waals surface area contributed by atoms with Crippen LogP contribution in [0.3, 0.4) is 0 Å². The maximum atomic E-state index is 8.88. The molecule has 0 heterocycles. The molecule has 0 aliphatic carbocycles. The average molecular weight is 410 g/mol. The van der Waals surface area contributed by atoms with Crippen molar-refractivity contribution in [3.8, 4) is 0 Å². The van der Waals surface area contributed by atoms with E-state index in [9.17, 15) is 0 Å². The molecule has 7 heteroatoms. The van der Waals surface area contributed by atoms with E-state index < -0.39 is 7.82 Å². The molecule has 0 fully saturated rings. The smallest absolute Gasteiger partial charge is 0 e. The van der Waals surface area contributed by atoms with Crippen LogP contribution in [0.15, 0.2) is 0 Å². The van der Waals surface area contributed by atoms with Crippen molar-refractivity contribution in [1.82, 2.24) is 0 Å². The summed E-state index contributed by atoms with van der Waals surface area (Å²) in [4.78, 5) is 21.6. The second-order valence-electron chi connectivity index (χ2n) is 0.513. The Kier molecular flexibility index (Phi) is 17.4. The third kappa shape index (κ3) is 46.6. The van der Waals surface area contributed by atoms with Gasteiger partial charge in [0.2, 0.25) is 0 Å². The molecule has 50 valence electrons. The first-order valence-electron chi connectivity index (χ1n) is 0.783. The van der Waals surface area contributed by atoms with Gasteiger partial charge in [0.05, 0.1) is 0 Å². The molecule has 0 aromatic rings. The Morgan fingerprint density at radius 1 is 1.14 bits per heavy atom. The minimum Gasteiger partial charge on any atom is 0 e. The quantitative estimate of drug-likeness (QED) is 0.324. The first-order valence-corrected chi connectivity index (χ1v) is 2.35. The van der Waals surface area contributed by atoms with Gasteiger partial charge >= 0.3 is 56.7 Å². The summed E-state index contributed by atoms with van der Waals surface area (Å²) in [5.74, 6) is 0. The maximum absolute atomic E-state index is 8.88. The van der Waals surface area contributed by atoms with Gasteiger partial charge in [-0.1, -0.05) is 0 Å². The Morgan fingerprint density at radius 2 is 1.14 bits per heavy atom. The molecular formula is H5BaO4PYb. The van der Waals surface area contributed by atoms with Crippen LogP contribution in [0, 0.1) is 46.9 Å². The van der Waals surface area contributed by atoms with Crippen LogP contribution in [0.25, 0.3) is 0 Å². The van der Waals surface area contributed by atoms with Crippen molar-refractivity contribution in [2.24, 2.45) is 0 Å². The van der Waals surface area contributed by atoms with Crippen molar-refractivity contribution >= 4 is 56.7 Å². The van der Waals surface area contributed by atoms with E-state index in [1.54, 1.807) is 0 Å². The van der Waals surface area contributed by atoms with E-state index in [4.69, 9.17) is 19.2 Å². The third-order valence-corrected chi connectivity index (χ3v) is 0. The van der Waals surface area contributed by atoms with Crippen molar-refractivity contribution in [3.63, 3.8) is 0 Å². The van der Waals surface area contributed by atoms with Crippen LogP contribution in [0.4, 0.5) is 0 Å². The normalized spacial score (nSPS) is 8.43. The van der Waals surface area contributed by atoms with Gasteiger partial charge in [0, 0.05) is 46.9 Å². The zero-order valence-electron chi connectivity index (χ0n) is 2.46. The molecule has 0 aliphatic rings. The van der Waals surface area contributed by atoms with Gasteiger partial charge in [0.1, 0.15) is 0 Å². The minimum absolute atomic E-state index is 0. The number of phosphoric acid groups is 1. The van der Waals surface area contributed by atoms with E-state index in [2.05, 4.69) is 0 Å². The van der Waals surface area contributed by atoms with Crippen LogP contribution in [0.2, 0.25) is 0 Å². The molecule has 0 saturated carbocycles. The van der Waals surface area contributed by atoms with Crippen molar-refractivity contribution < 1.29 is 66.2 Å². The Morgan fingerprint density at radius 3 is 1.14 bits per heavy atom. The van der Waals surface area contributed by atoms with Gasteiger partial charge in [-0.05, 0) is 0 Å². The van der Waals surface area contributed by atoms with Crippen molar-refractivity contribution in [2.45, 2.75) is 0 Å². The third-order valence-electron chi connectivity index (χ3n) is 0. The van der Waals surface area contributed by atoms with Crippen LogP contribution in [-0.2, 0) is 4.57 Å². The summed E-state index contributed by atoms with van der Waals surface area (Å²) in [6.45, 7) is 0. The first kappa shape index (κ1) is 16.7. The predicted octanol–water partition coefficient (Wildman–Crippen LogP) is -1.84. The molecule has 0 atom stereocenters. The number of hydrogen-bond donors (Lipinski definition) is 3. The molecule has 0 bridgehead atoms. The Bertz CT molecular complexity index is 57.8. The van der Waals surface area contributed by atoms with E-state index in [-0.39, 0.29) is 95.8 Å². The fourth-order valence-corrected chi connectivity index (χ4v) is 0. The molecule has 0 spiro atoms. The molecule has 4 nitrogen and oxygen atoms in total. The molecule has 0 aliphatic heterocycles. The summed E-state index contributed by atoms with van der Waals surface area (Å²) in [6, 6.07) is 0. The van der Waals surface area contributed by atoms with Gasteiger partial charge < -0.3 is 14.7 Å². The molecule has 0 radical (unpaired) electrons. The van der Waals surface area contributed by atoms with Gasteiger partial charge in [0.25, 0.3) is 0 Å². The molecule has 0 saturated heterocycles. The standard InChI is InChI=1S/Ba.H3O4P.Yb.2H/c;1-5(2,3)4;;;/h;(H3,1,2,3,4);;;. The topological polar surface area (TPSA) is 77.8 Å². The number of rotatable bonds is 0. The van der Waals surface area contributed by atoms with Crippen LogP contribution in [0.5, 0.6) is 0 Å². The van der Waals surface area contributed by atoms with Crippen LogP contribution >= 0.6 is 7.82 Å². The van der Waals surface area contributed by atoms with Gasteiger partial charge in [-0.25, -0.2) is 4.57 Å². The van der Waals surface area contributed by atoms with E-state index >= 15 is 0 Å². The second kappa shape index (κ2) is 7.31. The summed E-state index contributed by atoms with van der Waals surface area (Å²) in [5.41, 5.74) is 0. The monoisotopic (exact) mass is 412 g/mol. The molecule has 3 N–H and O–H groups in total. The minimum atomic E-state index is -4.64. The van der Waals surface area contributed by atoms with Gasteiger partial charge in [-0.2, -0.15) is 0 Å². The zero-order chi connectivity index (χ0) is 4.50. The van der Waals surface area contributed by atoms with Crippen molar-refractivity contribution in [3.05, 3.63) is 0 Å². The molecule has 0 aromatic carbocycles. The maximum Gasteiger partial charge on any atom is 0 e. The van der Waals surface area contributed by atoms with Gasteiger partial charge in [0.15, 0.2) is 0 Å². The van der Waals surface area contributed by atoms with Gasteiger partial charge in [-0.3, -0.25) is 0 Å². The van der Waals surface area contributed by atoms with Gasteiger partial charge in [-0.15, -0.1) is 0 Å². The van der Waals surface area contributed by atoms with Crippen LogP contribution in [0.1, 0.15) is 0 Å². The summed E-state index contributed by atoms with van der Waals surface area (Å²) in [6.07, 6.45) is 0. The van der Waals surface area contributed by atoms with E-state index in [0.29, 0.717) is 0 Å². The first-order chi connectivity index (χ1) is 2.00. The fourth-order valence-electron chi connectivity index (χ4n) is 0. The largest absolute Gasteiger partial charge is 0 e. The van der Waals surface area contributed by atoms with E-state index in [1.165, 1.54) is 0 Å². The number of hydrogen-bond acceptors (Lipinski definition) is 1. The molecule has 0 unspecified atom stereocenters. The zero-order valence-corrected chi connectivity index (χ0v) is 5.07. The summed E-state index contributed by atoms with van der Waals surface area (Å²) in [7, 11) is -4.64. The van der Waals surface area contributed by atoms with Crippen LogP contribution in [-0.4, -0.2) is 63.6 Å². The molecule has 7 heavy (non-hydrogen) atoms. The van der Waals surface area contributed by atoms with Crippen molar-refractivity contribution in [1.29, 1.82) is 0 Å². The Balaban J connectivity index is -0.0000000800. The van der Waals surface area contributed by atoms with Crippen molar-refractivity contribution in [2.75, 3.05) is 0 Å². The molecule has 0 aromatic heterocycles. The SMILES string of the molecule is O=P(O)(O)O.[BaH2].[Yb]. The summed E-state index contributed by atoms with van der Waals surface area (Å²) < 4.78 is 8.88. The Labute approximate surface area is 120 Å². The van der Waals surface area contributed by atoms with E-state index in [1.807, 2.05) is 0 Å². The molecule has 0 rings (SSSR count). The summed E-state index contributed by atoms with van der Waals surface area (Å²) in [5, 5.41) is 0. The molecule has 0 amide bonds. The fraction of sp³-hybridized carbons (Fsp3) is 0.